The molecule has 0 saturated carbocycles. The Morgan fingerprint density at radius 2 is 1.59 bits per heavy atom. The molecule has 2 aromatic carbocycles. The summed E-state index contributed by atoms with van der Waals surface area (Å²) in [6, 6.07) is 10.5. The highest BCUT2D eigenvalue weighted by Gasteiger charge is 2.32. The van der Waals surface area contributed by atoms with Crippen molar-refractivity contribution in [2.45, 2.75) is 47.1 Å². The molecule has 2 rings (SSSR count). The highest BCUT2D eigenvalue weighted by molar-refractivity contribution is 7.92. The predicted molar refractivity (Wildman–Crippen MR) is 112 cm³/mol. The van der Waals surface area contributed by atoms with Crippen molar-refractivity contribution in [3.63, 3.8) is 0 Å². The van der Waals surface area contributed by atoms with Crippen molar-refractivity contribution in [2.24, 2.45) is 0 Å². The Morgan fingerprint density at radius 3 is 2.11 bits per heavy atom. The number of sulfonamides is 1. The van der Waals surface area contributed by atoms with Gasteiger partial charge in [-0.1, -0.05) is 25.1 Å². The van der Waals surface area contributed by atoms with Crippen molar-refractivity contribution < 1.29 is 13.2 Å². The molecule has 0 aromatic heterocycles. The second-order valence-corrected chi connectivity index (χ2v) is 9.00. The van der Waals surface area contributed by atoms with Gasteiger partial charge in [0.1, 0.15) is 6.04 Å². The molecule has 0 aliphatic heterocycles. The number of nitrogens with zero attached hydrogens (tertiary/aromatic N) is 1. The van der Waals surface area contributed by atoms with E-state index in [1.165, 1.54) is 4.31 Å². The predicted octanol–water partition coefficient (Wildman–Crippen LogP) is 4.10. The lowest BCUT2D eigenvalue weighted by atomic mass is 10.1. The summed E-state index contributed by atoms with van der Waals surface area (Å²) in [6.45, 7) is 9.50. The molecule has 1 unspecified atom stereocenters. The van der Waals surface area contributed by atoms with Gasteiger partial charge in [-0.2, -0.15) is 0 Å². The SMILES string of the molecule is CCC(C(=O)Nc1cc(C)ccc1C)N(c1cc(C)cc(C)c1)S(C)(=O)=O. The third kappa shape index (κ3) is 5.10. The number of nitrogens with one attached hydrogen (secondary N) is 1. The van der Waals surface area contributed by atoms with E-state index in [4.69, 9.17) is 0 Å². The van der Waals surface area contributed by atoms with Crippen molar-refractivity contribution >= 4 is 27.3 Å². The van der Waals surface area contributed by atoms with Crippen molar-refractivity contribution in [2.75, 3.05) is 15.9 Å². The lowest BCUT2D eigenvalue weighted by molar-refractivity contribution is -0.117. The molecule has 27 heavy (non-hydrogen) atoms. The van der Waals surface area contributed by atoms with E-state index in [0.717, 1.165) is 28.5 Å². The Hall–Kier alpha value is -2.34. The van der Waals surface area contributed by atoms with Crippen LogP contribution in [0.2, 0.25) is 0 Å². The zero-order valence-corrected chi connectivity index (χ0v) is 17.6. The van der Waals surface area contributed by atoms with Crippen LogP contribution in [0.3, 0.4) is 0 Å². The third-order valence-electron chi connectivity index (χ3n) is 4.44. The molecule has 0 aliphatic rings. The van der Waals surface area contributed by atoms with E-state index in [9.17, 15) is 13.2 Å². The molecular formula is C21H28N2O3S. The lowest BCUT2D eigenvalue weighted by Gasteiger charge is -2.30. The van der Waals surface area contributed by atoms with Gasteiger partial charge in [0.2, 0.25) is 15.9 Å². The van der Waals surface area contributed by atoms with E-state index in [2.05, 4.69) is 5.32 Å². The van der Waals surface area contributed by atoms with Gasteiger partial charge < -0.3 is 5.32 Å². The summed E-state index contributed by atoms with van der Waals surface area (Å²) < 4.78 is 26.4. The van der Waals surface area contributed by atoms with Gasteiger partial charge in [0.05, 0.1) is 11.9 Å². The minimum absolute atomic E-state index is 0.337. The summed E-state index contributed by atoms with van der Waals surface area (Å²) in [6.07, 6.45) is 1.50. The second-order valence-electron chi connectivity index (χ2n) is 7.14. The van der Waals surface area contributed by atoms with E-state index in [1.54, 1.807) is 12.1 Å². The lowest BCUT2D eigenvalue weighted by Crippen LogP contribution is -2.47. The number of anilines is 2. The maximum Gasteiger partial charge on any atom is 0.248 e. The molecule has 0 heterocycles. The Morgan fingerprint density at radius 1 is 1.00 bits per heavy atom. The van der Waals surface area contributed by atoms with Gasteiger partial charge in [-0.05, 0) is 74.6 Å². The number of benzene rings is 2. The molecule has 0 radical (unpaired) electrons. The molecule has 1 atom stereocenters. The fourth-order valence-corrected chi connectivity index (χ4v) is 4.42. The summed E-state index contributed by atoms with van der Waals surface area (Å²) in [5.74, 6) is -0.337. The first-order chi connectivity index (χ1) is 12.5. The second kappa shape index (κ2) is 8.13. The van der Waals surface area contributed by atoms with Crippen LogP contribution in [0.15, 0.2) is 36.4 Å². The van der Waals surface area contributed by atoms with Gasteiger partial charge in [-0.3, -0.25) is 9.10 Å². The molecule has 1 amide bonds. The first kappa shape index (κ1) is 21.0. The Bertz CT molecular complexity index is 932. The molecule has 0 fully saturated rings. The molecule has 1 N–H and O–H groups in total. The first-order valence-corrected chi connectivity index (χ1v) is 10.8. The number of rotatable bonds is 6. The number of amides is 1. The van der Waals surface area contributed by atoms with Crippen LogP contribution in [-0.4, -0.2) is 26.6 Å². The quantitative estimate of drug-likeness (QED) is 0.810. The van der Waals surface area contributed by atoms with Crippen LogP contribution in [0.4, 0.5) is 11.4 Å². The minimum Gasteiger partial charge on any atom is -0.324 e. The Labute approximate surface area is 162 Å². The van der Waals surface area contributed by atoms with E-state index in [0.29, 0.717) is 17.8 Å². The summed E-state index contributed by atoms with van der Waals surface area (Å²) in [5.41, 5.74) is 5.07. The van der Waals surface area contributed by atoms with Crippen molar-refractivity contribution in [1.82, 2.24) is 0 Å². The van der Waals surface area contributed by atoms with Crippen LogP contribution in [0.1, 0.15) is 35.6 Å². The fraction of sp³-hybridized carbons (Fsp3) is 0.381. The smallest absolute Gasteiger partial charge is 0.248 e. The van der Waals surface area contributed by atoms with Gasteiger partial charge in [-0.25, -0.2) is 8.42 Å². The number of aryl methyl sites for hydroxylation is 4. The summed E-state index contributed by atoms with van der Waals surface area (Å²) in [7, 11) is -3.65. The zero-order chi connectivity index (χ0) is 20.4. The average Bonchev–Trinajstić information content (AvgIpc) is 2.53. The van der Waals surface area contributed by atoms with Gasteiger partial charge >= 0.3 is 0 Å². The number of hydrogen-bond donors (Lipinski definition) is 1. The van der Waals surface area contributed by atoms with Crippen LogP contribution in [0, 0.1) is 27.7 Å². The van der Waals surface area contributed by atoms with E-state index in [1.807, 2.05) is 58.9 Å². The molecule has 0 saturated heterocycles. The molecular weight excluding hydrogens is 360 g/mol. The largest absolute Gasteiger partial charge is 0.324 e. The van der Waals surface area contributed by atoms with Crippen molar-refractivity contribution in [3.05, 3.63) is 58.7 Å². The molecule has 0 bridgehead atoms. The van der Waals surface area contributed by atoms with Crippen molar-refractivity contribution in [1.29, 1.82) is 0 Å². The molecule has 0 aliphatic carbocycles. The van der Waals surface area contributed by atoms with Crippen molar-refractivity contribution in [3.8, 4) is 0 Å². The van der Waals surface area contributed by atoms with E-state index in [-0.39, 0.29) is 5.91 Å². The Kier molecular flexibility index (Phi) is 6.31. The molecule has 5 nitrogen and oxygen atoms in total. The van der Waals surface area contributed by atoms with Crippen LogP contribution in [0.5, 0.6) is 0 Å². The zero-order valence-electron chi connectivity index (χ0n) is 16.8. The highest BCUT2D eigenvalue weighted by Crippen LogP contribution is 2.26. The van der Waals surface area contributed by atoms with Crippen LogP contribution >= 0.6 is 0 Å². The fourth-order valence-electron chi connectivity index (χ4n) is 3.22. The van der Waals surface area contributed by atoms with Crippen LogP contribution < -0.4 is 9.62 Å². The molecule has 146 valence electrons. The van der Waals surface area contributed by atoms with Crippen LogP contribution in [-0.2, 0) is 14.8 Å². The standard InChI is InChI=1S/C21H28N2O3S/c1-7-20(21(24)22-19-13-14(2)8-9-17(19)5)23(27(6,25)26)18-11-15(3)10-16(4)12-18/h8-13,20H,7H2,1-6H3,(H,22,24). The minimum atomic E-state index is -3.65. The highest BCUT2D eigenvalue weighted by atomic mass is 32.2. The van der Waals surface area contributed by atoms with Gasteiger partial charge in [0, 0.05) is 5.69 Å². The normalized spacial score (nSPS) is 12.5. The van der Waals surface area contributed by atoms with Gasteiger partial charge in [0.15, 0.2) is 0 Å². The molecule has 2 aromatic rings. The van der Waals surface area contributed by atoms with Crippen LogP contribution in [0.25, 0.3) is 0 Å². The first-order valence-electron chi connectivity index (χ1n) is 8.98. The molecule has 0 spiro atoms. The van der Waals surface area contributed by atoms with Gasteiger partial charge in [0.25, 0.3) is 0 Å². The number of hydrogen-bond acceptors (Lipinski definition) is 3. The average molecular weight is 389 g/mol. The van der Waals surface area contributed by atoms with E-state index < -0.39 is 16.1 Å². The van der Waals surface area contributed by atoms with E-state index >= 15 is 0 Å². The maximum atomic E-state index is 13.0. The summed E-state index contributed by atoms with van der Waals surface area (Å²) in [4.78, 5) is 13.0. The monoisotopic (exact) mass is 388 g/mol. The molecule has 6 heteroatoms. The third-order valence-corrected chi connectivity index (χ3v) is 5.62. The number of carbonyl (C=O) groups excluding carboxylic acids is 1. The summed E-state index contributed by atoms with van der Waals surface area (Å²) in [5, 5.41) is 2.91. The van der Waals surface area contributed by atoms with Gasteiger partial charge in [-0.15, -0.1) is 0 Å². The number of carbonyl (C=O) groups is 1. The topological polar surface area (TPSA) is 66.5 Å². The summed E-state index contributed by atoms with van der Waals surface area (Å²) >= 11 is 0. The Balaban J connectivity index is 2.46. The maximum absolute atomic E-state index is 13.0.